The molecule has 0 saturated heterocycles. The summed E-state index contributed by atoms with van der Waals surface area (Å²) in [6.07, 6.45) is 0. The maximum atomic E-state index is 5.72. The molecule has 4 heteroatoms. The Kier molecular flexibility index (Phi) is 3.56. The topological polar surface area (TPSA) is 48.1 Å². The summed E-state index contributed by atoms with van der Waals surface area (Å²) in [4.78, 5) is 4.59. The van der Waals surface area contributed by atoms with E-state index in [0.717, 1.165) is 26.8 Å². The molecule has 20 heavy (non-hydrogen) atoms. The van der Waals surface area contributed by atoms with Crippen LogP contribution in [-0.2, 0) is 6.61 Å². The largest absolute Gasteiger partial charge is 0.487 e. The van der Waals surface area contributed by atoms with Crippen LogP contribution in [0.1, 0.15) is 5.69 Å². The average Bonchev–Trinajstić information content (AvgIpc) is 2.45. The van der Waals surface area contributed by atoms with E-state index in [1.807, 2.05) is 48.5 Å². The quantitative estimate of drug-likeness (QED) is 0.734. The van der Waals surface area contributed by atoms with Crippen molar-refractivity contribution in [3.63, 3.8) is 0 Å². The molecule has 3 nitrogen and oxygen atoms in total. The number of anilines is 1. The van der Waals surface area contributed by atoms with E-state index >= 15 is 0 Å². The molecule has 0 aliphatic heterocycles. The molecule has 1 heterocycles. The van der Waals surface area contributed by atoms with Gasteiger partial charge in [0.2, 0.25) is 0 Å². The Bertz CT molecular complexity index is 758. The number of benzene rings is 2. The van der Waals surface area contributed by atoms with Gasteiger partial charge in [-0.25, -0.2) is 4.98 Å². The standard InChI is InChI=1S/C16H13BrN2O/c17-12-6-4-11-5-7-14(19-16(11)8-12)10-20-15-3-1-2-13(18)9-15/h1-9H,10,18H2. The van der Waals surface area contributed by atoms with Crippen LogP contribution in [0.5, 0.6) is 5.75 Å². The van der Waals surface area contributed by atoms with Crippen LogP contribution in [0.3, 0.4) is 0 Å². The first-order valence-electron chi connectivity index (χ1n) is 6.24. The molecule has 0 aliphatic carbocycles. The van der Waals surface area contributed by atoms with Crippen LogP contribution in [0.15, 0.2) is 59.1 Å². The summed E-state index contributed by atoms with van der Waals surface area (Å²) in [5.41, 5.74) is 8.25. The minimum Gasteiger partial charge on any atom is -0.487 e. The Morgan fingerprint density at radius 2 is 1.90 bits per heavy atom. The lowest BCUT2D eigenvalue weighted by atomic mass is 10.2. The van der Waals surface area contributed by atoms with E-state index in [4.69, 9.17) is 10.5 Å². The van der Waals surface area contributed by atoms with E-state index in [1.165, 1.54) is 0 Å². The molecule has 0 atom stereocenters. The Hall–Kier alpha value is -2.07. The summed E-state index contributed by atoms with van der Waals surface area (Å²) in [5.74, 6) is 0.751. The summed E-state index contributed by atoms with van der Waals surface area (Å²) in [6, 6.07) is 17.5. The first kappa shape index (κ1) is 12.9. The Morgan fingerprint density at radius 1 is 1.05 bits per heavy atom. The third-order valence-corrected chi connectivity index (χ3v) is 3.45. The van der Waals surface area contributed by atoms with Crippen molar-refractivity contribution in [1.82, 2.24) is 4.98 Å². The molecule has 0 bridgehead atoms. The van der Waals surface area contributed by atoms with Gasteiger partial charge < -0.3 is 10.5 Å². The zero-order valence-electron chi connectivity index (χ0n) is 10.7. The molecular weight excluding hydrogens is 316 g/mol. The highest BCUT2D eigenvalue weighted by Crippen LogP contribution is 2.20. The molecule has 0 fully saturated rings. The van der Waals surface area contributed by atoms with Gasteiger partial charge in [-0.2, -0.15) is 0 Å². The molecule has 0 spiro atoms. The number of nitrogens with two attached hydrogens (primary N) is 1. The molecule has 2 aromatic carbocycles. The first-order chi connectivity index (χ1) is 9.70. The van der Waals surface area contributed by atoms with E-state index in [-0.39, 0.29) is 0 Å². The van der Waals surface area contributed by atoms with Gasteiger partial charge >= 0.3 is 0 Å². The smallest absolute Gasteiger partial charge is 0.130 e. The number of hydrogen-bond acceptors (Lipinski definition) is 3. The van der Waals surface area contributed by atoms with E-state index in [2.05, 4.69) is 20.9 Å². The fourth-order valence-corrected chi connectivity index (χ4v) is 2.32. The predicted octanol–water partition coefficient (Wildman–Crippen LogP) is 4.16. The first-order valence-corrected chi connectivity index (χ1v) is 7.03. The zero-order valence-corrected chi connectivity index (χ0v) is 12.3. The van der Waals surface area contributed by atoms with Gasteiger partial charge in [0.25, 0.3) is 0 Å². The lowest BCUT2D eigenvalue weighted by molar-refractivity contribution is 0.302. The van der Waals surface area contributed by atoms with Crippen LogP contribution in [0.2, 0.25) is 0 Å². The normalized spacial score (nSPS) is 10.7. The van der Waals surface area contributed by atoms with Gasteiger partial charge in [0.15, 0.2) is 0 Å². The Morgan fingerprint density at radius 3 is 2.75 bits per heavy atom. The minimum absolute atomic E-state index is 0.423. The maximum Gasteiger partial charge on any atom is 0.130 e. The molecule has 100 valence electrons. The fraction of sp³-hybridized carbons (Fsp3) is 0.0625. The molecule has 0 amide bonds. The van der Waals surface area contributed by atoms with Crippen molar-refractivity contribution in [3.8, 4) is 5.75 Å². The van der Waals surface area contributed by atoms with Crippen LogP contribution in [0.25, 0.3) is 10.9 Å². The van der Waals surface area contributed by atoms with Crippen LogP contribution in [-0.4, -0.2) is 4.98 Å². The number of nitrogens with zero attached hydrogens (tertiary/aromatic N) is 1. The SMILES string of the molecule is Nc1cccc(OCc2ccc3ccc(Br)cc3n2)c1. The number of rotatable bonds is 3. The molecule has 3 rings (SSSR count). The molecule has 3 aromatic rings. The van der Waals surface area contributed by atoms with Gasteiger partial charge in [0.05, 0.1) is 11.2 Å². The Balaban J connectivity index is 1.80. The van der Waals surface area contributed by atoms with Crippen molar-refractivity contribution in [1.29, 1.82) is 0 Å². The maximum absolute atomic E-state index is 5.72. The number of fused-ring (bicyclic) bond motifs is 1. The van der Waals surface area contributed by atoms with Crippen LogP contribution < -0.4 is 10.5 Å². The second-order valence-electron chi connectivity index (χ2n) is 4.50. The number of nitrogen functional groups attached to an aromatic ring is 1. The highest BCUT2D eigenvalue weighted by molar-refractivity contribution is 9.10. The third kappa shape index (κ3) is 2.91. The van der Waals surface area contributed by atoms with Gasteiger partial charge in [-0.1, -0.05) is 34.1 Å². The monoisotopic (exact) mass is 328 g/mol. The van der Waals surface area contributed by atoms with Gasteiger partial charge in [0, 0.05) is 21.6 Å². The summed E-state index contributed by atoms with van der Waals surface area (Å²) in [5, 5.41) is 1.11. The van der Waals surface area contributed by atoms with Crippen LogP contribution >= 0.6 is 15.9 Å². The lowest BCUT2D eigenvalue weighted by Crippen LogP contribution is -1.98. The second kappa shape index (κ2) is 5.51. The number of aromatic nitrogens is 1. The summed E-state index contributed by atoms with van der Waals surface area (Å²) in [7, 11) is 0. The minimum atomic E-state index is 0.423. The van der Waals surface area contributed by atoms with E-state index in [1.54, 1.807) is 6.07 Å². The van der Waals surface area contributed by atoms with E-state index in [0.29, 0.717) is 12.3 Å². The number of pyridine rings is 1. The van der Waals surface area contributed by atoms with Crippen molar-refractivity contribution in [3.05, 3.63) is 64.8 Å². The molecule has 0 unspecified atom stereocenters. The highest BCUT2D eigenvalue weighted by atomic mass is 79.9. The van der Waals surface area contributed by atoms with Gasteiger partial charge in [-0.05, 0) is 30.3 Å². The molecule has 2 N–H and O–H groups in total. The van der Waals surface area contributed by atoms with Crippen molar-refractivity contribution in [2.45, 2.75) is 6.61 Å². The Labute approximate surface area is 125 Å². The molecule has 0 aliphatic rings. The average molecular weight is 329 g/mol. The van der Waals surface area contributed by atoms with Gasteiger partial charge in [-0.15, -0.1) is 0 Å². The van der Waals surface area contributed by atoms with Crippen molar-refractivity contribution >= 4 is 32.5 Å². The summed E-state index contributed by atoms with van der Waals surface area (Å²) < 4.78 is 6.72. The van der Waals surface area contributed by atoms with E-state index in [9.17, 15) is 0 Å². The summed E-state index contributed by atoms with van der Waals surface area (Å²) >= 11 is 3.46. The highest BCUT2D eigenvalue weighted by Gasteiger charge is 2.01. The van der Waals surface area contributed by atoms with Crippen molar-refractivity contribution < 1.29 is 4.74 Å². The van der Waals surface area contributed by atoms with Gasteiger partial charge in [-0.3, -0.25) is 0 Å². The van der Waals surface area contributed by atoms with Crippen LogP contribution in [0, 0.1) is 0 Å². The number of ether oxygens (including phenoxy) is 1. The van der Waals surface area contributed by atoms with Crippen molar-refractivity contribution in [2.75, 3.05) is 5.73 Å². The molecule has 1 aromatic heterocycles. The third-order valence-electron chi connectivity index (χ3n) is 2.96. The molecule has 0 saturated carbocycles. The van der Waals surface area contributed by atoms with Crippen LogP contribution in [0.4, 0.5) is 5.69 Å². The zero-order chi connectivity index (χ0) is 13.9. The van der Waals surface area contributed by atoms with Gasteiger partial charge in [0.1, 0.15) is 12.4 Å². The van der Waals surface area contributed by atoms with Crippen molar-refractivity contribution in [2.24, 2.45) is 0 Å². The number of hydrogen-bond donors (Lipinski definition) is 1. The molecular formula is C16H13BrN2O. The second-order valence-corrected chi connectivity index (χ2v) is 5.42. The molecule has 0 radical (unpaired) electrons. The predicted molar refractivity (Wildman–Crippen MR) is 84.6 cm³/mol. The lowest BCUT2D eigenvalue weighted by Gasteiger charge is -2.07. The fourth-order valence-electron chi connectivity index (χ4n) is 1.97. The van der Waals surface area contributed by atoms with E-state index < -0.39 is 0 Å². The summed E-state index contributed by atoms with van der Waals surface area (Å²) in [6.45, 7) is 0.423. The number of halogens is 1.